The van der Waals surface area contributed by atoms with Gasteiger partial charge < -0.3 is 24.6 Å². The highest BCUT2D eigenvalue weighted by Crippen LogP contribution is 2.39. The molecule has 1 aromatic rings. The van der Waals surface area contributed by atoms with Gasteiger partial charge in [-0.1, -0.05) is 30.0 Å². The Bertz CT molecular complexity index is 951. The second-order valence-corrected chi connectivity index (χ2v) is 9.93. The number of nitrogens with one attached hydrogen (secondary N) is 1. The summed E-state index contributed by atoms with van der Waals surface area (Å²) in [5.41, 5.74) is -0.886. The van der Waals surface area contributed by atoms with Crippen LogP contribution in [0, 0.1) is 0 Å². The third-order valence-electron chi connectivity index (χ3n) is 4.96. The van der Waals surface area contributed by atoms with Crippen molar-refractivity contribution in [1.29, 1.82) is 0 Å². The lowest BCUT2D eigenvalue weighted by Crippen LogP contribution is -2.73. The van der Waals surface area contributed by atoms with Crippen LogP contribution in [0.1, 0.15) is 33.6 Å². The number of aliphatic hydroxyl groups excluding tert-OH is 1. The van der Waals surface area contributed by atoms with Gasteiger partial charge in [0, 0.05) is 6.61 Å². The number of carbonyl (C=O) groups is 3. The van der Waals surface area contributed by atoms with Crippen molar-refractivity contribution in [2.24, 2.45) is 0 Å². The van der Waals surface area contributed by atoms with Crippen LogP contribution in [0.15, 0.2) is 35.2 Å². The first-order valence-electron chi connectivity index (χ1n) is 10.8. The van der Waals surface area contributed by atoms with Crippen molar-refractivity contribution in [1.82, 2.24) is 10.2 Å². The van der Waals surface area contributed by atoms with E-state index >= 15 is 0 Å². The Morgan fingerprint density at radius 1 is 1.32 bits per heavy atom. The van der Waals surface area contributed by atoms with Crippen molar-refractivity contribution in [2.75, 3.05) is 13.2 Å². The largest absolute Gasteiger partial charge is 0.484 e. The molecule has 10 nitrogen and oxygen atoms in total. The van der Waals surface area contributed by atoms with Crippen LogP contribution in [0.3, 0.4) is 0 Å². The number of nitrogens with zero attached hydrogens (tertiary/aromatic N) is 1. The number of aliphatic hydroxyl groups is 1. The Morgan fingerprint density at radius 3 is 2.62 bits per heavy atom. The molecular formula is C23H28N2O8S. The molecule has 2 amide bonds. The highest BCUT2D eigenvalue weighted by molar-refractivity contribution is 8.04. The van der Waals surface area contributed by atoms with Gasteiger partial charge >= 0.3 is 5.97 Å². The SMILES string of the molecule is CC(C)(C)OC(=O)C(O)N1C(=O)[C@@H](NC(=O)COc2ccccc2)[C@H]1SC(=C=O)C1CCCO1. The van der Waals surface area contributed by atoms with Gasteiger partial charge in [-0.05, 0) is 45.7 Å². The van der Waals surface area contributed by atoms with E-state index < -0.39 is 47.1 Å². The number of hydrogen-bond acceptors (Lipinski definition) is 9. The molecule has 0 saturated carbocycles. The van der Waals surface area contributed by atoms with Crippen LogP contribution in [0.25, 0.3) is 0 Å². The number of carbonyl (C=O) groups excluding carboxylic acids is 4. The molecule has 184 valence electrons. The smallest absolute Gasteiger partial charge is 0.357 e. The molecule has 2 heterocycles. The maximum atomic E-state index is 12.8. The zero-order valence-corrected chi connectivity index (χ0v) is 20.0. The number of hydrogen-bond donors (Lipinski definition) is 2. The Kier molecular flexibility index (Phi) is 8.37. The van der Waals surface area contributed by atoms with E-state index in [1.165, 1.54) is 0 Å². The van der Waals surface area contributed by atoms with Crippen molar-refractivity contribution in [3.8, 4) is 5.75 Å². The predicted octanol–water partition coefficient (Wildman–Crippen LogP) is 1.01. The standard InChI is InChI=1S/C23H28N2O8S/c1-23(2,3)33-22(30)20(29)25-19(28)18(21(25)34-16(12-26)15-10-7-11-31-15)24-17(27)13-32-14-8-5-4-6-9-14/h4-6,8-9,15,18,20-21,29H,7,10-11,13H2,1-3H3,(H,24,27)/t15?,18-,20?,21-/m1/s1. The molecular weight excluding hydrogens is 464 g/mol. The Morgan fingerprint density at radius 2 is 2.03 bits per heavy atom. The third kappa shape index (κ3) is 6.38. The molecule has 1 aromatic carbocycles. The summed E-state index contributed by atoms with van der Waals surface area (Å²) < 4.78 is 16.1. The van der Waals surface area contributed by atoms with Crippen LogP contribution in [0.4, 0.5) is 0 Å². The highest BCUT2D eigenvalue weighted by atomic mass is 32.2. The number of likely N-dealkylation sites (tertiary alicyclic amines) is 1. The number of ether oxygens (including phenoxy) is 3. The predicted molar refractivity (Wildman–Crippen MR) is 122 cm³/mol. The molecule has 0 bridgehead atoms. The number of para-hydroxylation sites is 1. The van der Waals surface area contributed by atoms with E-state index in [0.717, 1.165) is 23.1 Å². The molecule has 0 aromatic heterocycles. The molecule has 0 aliphatic carbocycles. The van der Waals surface area contributed by atoms with E-state index in [9.17, 15) is 24.3 Å². The van der Waals surface area contributed by atoms with Crippen molar-refractivity contribution in [3.63, 3.8) is 0 Å². The van der Waals surface area contributed by atoms with Crippen molar-refractivity contribution >= 4 is 35.5 Å². The molecule has 0 spiro atoms. The monoisotopic (exact) mass is 492 g/mol. The normalized spacial score (nSPS) is 22.9. The summed E-state index contributed by atoms with van der Waals surface area (Å²) in [7, 11) is 0. The van der Waals surface area contributed by atoms with E-state index in [4.69, 9.17) is 14.2 Å². The molecule has 2 N–H and O–H groups in total. The molecule has 2 aliphatic rings. The van der Waals surface area contributed by atoms with Gasteiger partial charge in [0.15, 0.2) is 6.61 Å². The Labute approximate surface area is 201 Å². The van der Waals surface area contributed by atoms with Gasteiger partial charge in [-0.3, -0.25) is 14.5 Å². The molecule has 0 radical (unpaired) electrons. The summed E-state index contributed by atoms with van der Waals surface area (Å²) in [5.74, 6) is 0.0331. The number of β-lactam (4-membered cyclic amide) rings is 1. The van der Waals surface area contributed by atoms with Gasteiger partial charge in [-0.25, -0.2) is 9.59 Å². The van der Waals surface area contributed by atoms with E-state index in [-0.39, 0.29) is 11.5 Å². The maximum Gasteiger partial charge on any atom is 0.357 e. The minimum absolute atomic E-state index is 0.191. The summed E-state index contributed by atoms with van der Waals surface area (Å²) in [5, 5.41) is 12.1. The van der Waals surface area contributed by atoms with Gasteiger partial charge in [0.25, 0.3) is 11.8 Å². The van der Waals surface area contributed by atoms with Crippen LogP contribution in [0.5, 0.6) is 5.75 Å². The number of esters is 1. The van der Waals surface area contributed by atoms with Gasteiger partial charge in [0.1, 0.15) is 28.7 Å². The Hall–Kier alpha value is -2.85. The molecule has 2 fully saturated rings. The second-order valence-electron chi connectivity index (χ2n) is 8.78. The van der Waals surface area contributed by atoms with E-state index in [1.807, 2.05) is 5.94 Å². The Balaban J connectivity index is 1.71. The molecule has 3 rings (SSSR count). The van der Waals surface area contributed by atoms with Crippen LogP contribution in [-0.4, -0.2) is 76.3 Å². The van der Waals surface area contributed by atoms with E-state index in [2.05, 4.69) is 5.32 Å². The summed E-state index contributed by atoms with van der Waals surface area (Å²) in [6, 6.07) is 7.58. The minimum atomic E-state index is -1.91. The van der Waals surface area contributed by atoms with Crippen molar-refractivity contribution < 1.29 is 38.5 Å². The minimum Gasteiger partial charge on any atom is -0.484 e. The number of amides is 2. The first-order valence-corrected chi connectivity index (χ1v) is 11.7. The lowest BCUT2D eigenvalue weighted by molar-refractivity contribution is -0.189. The second kappa shape index (κ2) is 11.1. The lowest BCUT2D eigenvalue weighted by Gasteiger charge is -2.48. The molecule has 34 heavy (non-hydrogen) atoms. The lowest BCUT2D eigenvalue weighted by atomic mass is 10.1. The van der Waals surface area contributed by atoms with Gasteiger partial charge in [0.2, 0.25) is 6.23 Å². The summed E-state index contributed by atoms with van der Waals surface area (Å²) >= 11 is 0.919. The summed E-state index contributed by atoms with van der Waals surface area (Å²) in [6.07, 6.45) is -1.03. The van der Waals surface area contributed by atoms with E-state index in [1.54, 1.807) is 51.1 Å². The quantitative estimate of drug-likeness (QED) is 0.294. The van der Waals surface area contributed by atoms with Crippen LogP contribution in [-0.2, 0) is 28.7 Å². The van der Waals surface area contributed by atoms with Crippen molar-refractivity contribution in [3.05, 3.63) is 35.2 Å². The first kappa shape index (κ1) is 25.8. The molecule has 4 atom stereocenters. The van der Waals surface area contributed by atoms with Gasteiger partial charge in [-0.2, -0.15) is 0 Å². The fourth-order valence-electron chi connectivity index (χ4n) is 3.43. The molecule has 2 unspecified atom stereocenters. The molecule has 11 heteroatoms. The number of thioether (sulfide) groups is 1. The third-order valence-corrected chi connectivity index (χ3v) is 6.30. The van der Waals surface area contributed by atoms with Gasteiger partial charge in [-0.15, -0.1) is 0 Å². The fourth-order valence-corrected chi connectivity index (χ4v) is 4.73. The zero-order valence-electron chi connectivity index (χ0n) is 19.2. The maximum absolute atomic E-state index is 12.8. The first-order chi connectivity index (χ1) is 16.1. The summed E-state index contributed by atoms with van der Waals surface area (Å²) in [4.78, 5) is 50.3. The van der Waals surface area contributed by atoms with E-state index in [0.29, 0.717) is 18.8 Å². The number of rotatable bonds is 9. The van der Waals surface area contributed by atoms with Crippen molar-refractivity contribution in [2.45, 2.75) is 63.0 Å². The van der Waals surface area contributed by atoms with Crippen LogP contribution < -0.4 is 10.1 Å². The highest BCUT2D eigenvalue weighted by Gasteiger charge is 2.54. The molecule has 2 saturated heterocycles. The fraction of sp³-hybridized carbons (Fsp3) is 0.522. The van der Waals surface area contributed by atoms with Crippen LogP contribution >= 0.6 is 11.8 Å². The molecule has 2 aliphatic heterocycles. The topological polar surface area (TPSA) is 131 Å². The average molecular weight is 493 g/mol. The number of benzene rings is 1. The van der Waals surface area contributed by atoms with Crippen LogP contribution in [0.2, 0.25) is 0 Å². The zero-order chi connectivity index (χ0) is 24.9. The average Bonchev–Trinajstić information content (AvgIpc) is 3.32. The van der Waals surface area contributed by atoms with Gasteiger partial charge in [0.05, 0.1) is 11.0 Å². The summed E-state index contributed by atoms with van der Waals surface area (Å²) in [6.45, 7) is 5.02.